The molecule has 0 spiro atoms. The van der Waals surface area contributed by atoms with Crippen LogP contribution in [0.3, 0.4) is 0 Å². The van der Waals surface area contributed by atoms with Gasteiger partial charge in [0.15, 0.2) is 0 Å². The van der Waals surface area contributed by atoms with Crippen molar-refractivity contribution in [2.24, 2.45) is 0 Å². The van der Waals surface area contributed by atoms with E-state index >= 15 is 0 Å². The molecule has 0 unspecified atom stereocenters. The molecule has 0 saturated carbocycles. The minimum atomic E-state index is -0.196. The molecule has 6 heteroatoms. The molecule has 2 N–H and O–H groups in total. The predicted octanol–water partition coefficient (Wildman–Crippen LogP) is 1.73. The molecule has 78 valence electrons. The lowest BCUT2D eigenvalue weighted by Crippen LogP contribution is -2.11. The number of aromatic amines is 1. The van der Waals surface area contributed by atoms with E-state index in [4.69, 9.17) is 4.74 Å². The van der Waals surface area contributed by atoms with E-state index in [2.05, 4.69) is 15.3 Å². The molecule has 0 fully saturated rings. The molecule has 0 aliphatic carbocycles. The maximum atomic E-state index is 11.6. The summed E-state index contributed by atoms with van der Waals surface area (Å²) in [4.78, 5) is 18.9. The summed E-state index contributed by atoms with van der Waals surface area (Å²) in [5.41, 5.74) is 0. The number of ether oxygens (including phenoxy) is 1. The van der Waals surface area contributed by atoms with Crippen molar-refractivity contribution < 1.29 is 9.53 Å². The molecule has 0 aromatic carbocycles. The number of methoxy groups -OCH3 is 1. The number of carbonyl (C=O) groups excluding carboxylic acids is 1. The highest BCUT2D eigenvalue weighted by molar-refractivity contribution is 7.12. The SMILES string of the molecule is COc1csc(C(=O)Nc2ncc[nH]2)c1. The Morgan fingerprint density at radius 2 is 2.53 bits per heavy atom. The number of thiophene rings is 1. The number of anilines is 1. The maximum absolute atomic E-state index is 11.6. The van der Waals surface area contributed by atoms with E-state index in [1.54, 1.807) is 30.9 Å². The van der Waals surface area contributed by atoms with Gasteiger partial charge >= 0.3 is 0 Å². The van der Waals surface area contributed by atoms with Gasteiger partial charge < -0.3 is 9.72 Å². The summed E-state index contributed by atoms with van der Waals surface area (Å²) < 4.78 is 4.99. The van der Waals surface area contributed by atoms with Crippen molar-refractivity contribution in [3.05, 3.63) is 28.7 Å². The van der Waals surface area contributed by atoms with Crippen LogP contribution in [0.5, 0.6) is 5.75 Å². The Morgan fingerprint density at radius 3 is 3.13 bits per heavy atom. The van der Waals surface area contributed by atoms with E-state index in [1.165, 1.54) is 11.3 Å². The van der Waals surface area contributed by atoms with Crippen LogP contribution in [0.25, 0.3) is 0 Å². The van der Waals surface area contributed by atoms with Crippen LogP contribution in [-0.4, -0.2) is 23.0 Å². The van der Waals surface area contributed by atoms with Gasteiger partial charge in [0, 0.05) is 23.8 Å². The average Bonchev–Trinajstić information content (AvgIpc) is 2.86. The fourth-order valence-electron chi connectivity index (χ4n) is 1.05. The fraction of sp³-hybridized carbons (Fsp3) is 0.111. The number of amides is 1. The molecule has 2 rings (SSSR count). The Labute approximate surface area is 90.1 Å². The smallest absolute Gasteiger partial charge is 0.268 e. The van der Waals surface area contributed by atoms with Crippen LogP contribution in [0.15, 0.2) is 23.8 Å². The van der Waals surface area contributed by atoms with Crippen LogP contribution in [0.1, 0.15) is 9.67 Å². The van der Waals surface area contributed by atoms with Crippen molar-refractivity contribution in [1.82, 2.24) is 9.97 Å². The summed E-state index contributed by atoms with van der Waals surface area (Å²) in [5.74, 6) is 0.926. The Balaban J connectivity index is 2.08. The molecule has 0 bridgehead atoms. The number of H-pyrrole nitrogens is 1. The first-order valence-electron chi connectivity index (χ1n) is 4.23. The second kappa shape index (κ2) is 4.14. The van der Waals surface area contributed by atoms with Crippen LogP contribution >= 0.6 is 11.3 Å². The molecule has 5 nitrogen and oxygen atoms in total. The first-order valence-corrected chi connectivity index (χ1v) is 5.11. The summed E-state index contributed by atoms with van der Waals surface area (Å²) in [6, 6.07) is 1.68. The van der Waals surface area contributed by atoms with Crippen LogP contribution < -0.4 is 10.1 Å². The Bertz CT molecular complexity index is 450. The van der Waals surface area contributed by atoms with E-state index in [1.807, 2.05) is 0 Å². The van der Waals surface area contributed by atoms with Gasteiger partial charge in [-0.15, -0.1) is 11.3 Å². The second-order valence-corrected chi connectivity index (χ2v) is 3.65. The molecular formula is C9H9N3O2S. The van der Waals surface area contributed by atoms with E-state index in [-0.39, 0.29) is 5.91 Å². The van der Waals surface area contributed by atoms with Crippen molar-refractivity contribution >= 4 is 23.2 Å². The molecule has 2 aromatic rings. The highest BCUT2D eigenvalue weighted by atomic mass is 32.1. The monoisotopic (exact) mass is 223 g/mol. The number of imidazole rings is 1. The van der Waals surface area contributed by atoms with Gasteiger partial charge in [-0.25, -0.2) is 4.98 Å². The zero-order valence-electron chi connectivity index (χ0n) is 7.98. The van der Waals surface area contributed by atoms with Crippen molar-refractivity contribution in [3.8, 4) is 5.75 Å². The summed E-state index contributed by atoms with van der Waals surface area (Å²) >= 11 is 1.33. The van der Waals surface area contributed by atoms with Gasteiger partial charge in [0.05, 0.1) is 12.0 Å². The van der Waals surface area contributed by atoms with Gasteiger partial charge in [-0.2, -0.15) is 0 Å². The minimum absolute atomic E-state index is 0.196. The number of hydrogen-bond donors (Lipinski definition) is 2. The third-order valence-corrected chi connectivity index (χ3v) is 2.67. The lowest BCUT2D eigenvalue weighted by Gasteiger charge is -1.97. The maximum Gasteiger partial charge on any atom is 0.268 e. The van der Waals surface area contributed by atoms with Crippen LogP contribution in [0.2, 0.25) is 0 Å². The van der Waals surface area contributed by atoms with E-state index < -0.39 is 0 Å². The molecule has 2 heterocycles. The molecule has 1 amide bonds. The lowest BCUT2D eigenvalue weighted by atomic mass is 10.4. The third-order valence-electron chi connectivity index (χ3n) is 1.77. The van der Waals surface area contributed by atoms with Crippen molar-refractivity contribution in [3.63, 3.8) is 0 Å². The topological polar surface area (TPSA) is 67.0 Å². The number of aromatic nitrogens is 2. The zero-order chi connectivity index (χ0) is 10.7. The van der Waals surface area contributed by atoms with E-state index in [0.717, 1.165) is 0 Å². The van der Waals surface area contributed by atoms with Gasteiger partial charge in [0.25, 0.3) is 5.91 Å². The minimum Gasteiger partial charge on any atom is -0.496 e. The third kappa shape index (κ3) is 2.16. The summed E-state index contributed by atoms with van der Waals surface area (Å²) in [7, 11) is 1.57. The number of nitrogens with one attached hydrogen (secondary N) is 2. The molecule has 15 heavy (non-hydrogen) atoms. The molecule has 0 atom stereocenters. The average molecular weight is 223 g/mol. The largest absolute Gasteiger partial charge is 0.496 e. The summed E-state index contributed by atoms with van der Waals surface area (Å²) in [6.07, 6.45) is 3.22. The van der Waals surface area contributed by atoms with Crippen LogP contribution in [0.4, 0.5) is 5.95 Å². The first kappa shape index (κ1) is 9.72. The quantitative estimate of drug-likeness (QED) is 0.832. The van der Waals surface area contributed by atoms with Crippen molar-refractivity contribution in [1.29, 1.82) is 0 Å². The summed E-state index contributed by atoms with van der Waals surface area (Å²) in [6.45, 7) is 0. The number of nitrogens with zero attached hydrogens (tertiary/aromatic N) is 1. The molecule has 0 aliphatic heterocycles. The Hall–Kier alpha value is -1.82. The number of rotatable bonds is 3. The predicted molar refractivity (Wildman–Crippen MR) is 57.4 cm³/mol. The fourth-order valence-corrected chi connectivity index (χ4v) is 1.80. The highest BCUT2D eigenvalue weighted by Crippen LogP contribution is 2.21. The number of hydrogen-bond acceptors (Lipinski definition) is 4. The van der Waals surface area contributed by atoms with Gasteiger partial charge in [-0.05, 0) is 0 Å². The summed E-state index contributed by atoms with van der Waals surface area (Å²) in [5, 5.41) is 4.40. The normalized spacial score (nSPS) is 9.93. The van der Waals surface area contributed by atoms with Crippen LogP contribution in [0, 0.1) is 0 Å². The van der Waals surface area contributed by atoms with Gasteiger partial charge in [0.1, 0.15) is 5.75 Å². The lowest BCUT2D eigenvalue weighted by molar-refractivity contribution is 0.102. The number of carbonyl (C=O) groups is 1. The zero-order valence-corrected chi connectivity index (χ0v) is 8.80. The van der Waals surface area contributed by atoms with E-state index in [0.29, 0.717) is 16.6 Å². The molecule has 0 saturated heterocycles. The van der Waals surface area contributed by atoms with E-state index in [9.17, 15) is 4.79 Å². The second-order valence-electron chi connectivity index (χ2n) is 2.74. The van der Waals surface area contributed by atoms with Crippen molar-refractivity contribution in [2.45, 2.75) is 0 Å². The van der Waals surface area contributed by atoms with Crippen LogP contribution in [-0.2, 0) is 0 Å². The first-order chi connectivity index (χ1) is 7.29. The Morgan fingerprint density at radius 1 is 1.67 bits per heavy atom. The standard InChI is InChI=1S/C9H9N3O2S/c1-14-6-4-7(15-5-6)8(13)12-9-10-2-3-11-9/h2-5H,1H3,(H2,10,11,12,13). The van der Waals surface area contributed by atoms with Gasteiger partial charge in [-0.1, -0.05) is 0 Å². The Kier molecular flexibility index (Phi) is 2.68. The molecule has 2 aromatic heterocycles. The molecule has 0 radical (unpaired) electrons. The highest BCUT2D eigenvalue weighted by Gasteiger charge is 2.10. The van der Waals surface area contributed by atoms with Gasteiger partial charge in [-0.3, -0.25) is 10.1 Å². The van der Waals surface area contributed by atoms with Gasteiger partial charge in [0.2, 0.25) is 5.95 Å². The molecule has 0 aliphatic rings. The van der Waals surface area contributed by atoms with Crippen molar-refractivity contribution in [2.75, 3.05) is 12.4 Å². The molecular weight excluding hydrogens is 214 g/mol.